The molecule has 0 aromatic rings. The van der Waals surface area contributed by atoms with Crippen molar-refractivity contribution >= 4 is 11.8 Å². The molecule has 17 heavy (non-hydrogen) atoms. The third kappa shape index (κ3) is 2.04. The monoisotopic (exact) mass is 240 g/mol. The van der Waals surface area contributed by atoms with Gasteiger partial charge in [-0.1, -0.05) is 0 Å². The largest absolute Gasteiger partial charge is 0.380 e. The zero-order valence-corrected chi connectivity index (χ0v) is 10.7. The normalized spacial score (nSPS) is 30.8. The number of rotatable bonds is 3. The van der Waals surface area contributed by atoms with Gasteiger partial charge in [-0.15, -0.1) is 0 Å². The topological polar surface area (TPSA) is 49.9 Å². The van der Waals surface area contributed by atoms with E-state index in [9.17, 15) is 9.59 Å². The van der Waals surface area contributed by atoms with Gasteiger partial charge in [-0.05, 0) is 26.7 Å². The van der Waals surface area contributed by atoms with Gasteiger partial charge in [-0.3, -0.25) is 9.59 Å². The lowest BCUT2D eigenvalue weighted by Crippen LogP contribution is -2.62. The third-order valence-electron chi connectivity index (χ3n) is 3.79. The Kier molecular flexibility index (Phi) is 3.38. The molecule has 0 radical (unpaired) electrons. The Morgan fingerprint density at radius 3 is 2.76 bits per heavy atom. The Bertz CT molecular complexity index is 332. The van der Waals surface area contributed by atoms with Gasteiger partial charge in [0.1, 0.15) is 12.1 Å². The van der Waals surface area contributed by atoms with Gasteiger partial charge in [0.15, 0.2) is 0 Å². The van der Waals surface area contributed by atoms with Gasteiger partial charge in [0.05, 0.1) is 6.10 Å². The average Bonchev–Trinajstić information content (AvgIpc) is 2.80. The van der Waals surface area contributed by atoms with Crippen molar-refractivity contribution in [2.24, 2.45) is 0 Å². The first-order chi connectivity index (χ1) is 8.06. The molecule has 2 rings (SSSR count). The van der Waals surface area contributed by atoms with Crippen molar-refractivity contribution in [1.82, 2.24) is 9.80 Å². The summed E-state index contributed by atoms with van der Waals surface area (Å²) < 4.78 is 5.18. The molecule has 5 nitrogen and oxygen atoms in total. The number of nitrogens with zero attached hydrogens (tertiary/aromatic N) is 2. The minimum atomic E-state index is -0.352. The van der Waals surface area contributed by atoms with E-state index in [-0.39, 0.29) is 30.0 Å². The molecular formula is C12H20N2O3. The number of methoxy groups -OCH3 is 1. The van der Waals surface area contributed by atoms with E-state index in [0.717, 1.165) is 19.4 Å². The quantitative estimate of drug-likeness (QED) is 0.710. The van der Waals surface area contributed by atoms with E-state index >= 15 is 0 Å². The molecule has 2 saturated heterocycles. The highest BCUT2D eigenvalue weighted by atomic mass is 16.5. The average molecular weight is 240 g/mol. The standard InChI is InChI=1S/C12H20N2O3/c1-8(17-3)7-14-9(2)11(15)13-6-4-5-10(13)12(14)16/h8-10H,4-7H2,1-3H3. The molecule has 3 unspecified atom stereocenters. The maximum absolute atomic E-state index is 12.3. The first-order valence-electron chi connectivity index (χ1n) is 6.20. The van der Waals surface area contributed by atoms with Crippen LogP contribution in [-0.4, -0.2) is 60.0 Å². The predicted molar refractivity (Wildman–Crippen MR) is 62.4 cm³/mol. The molecule has 96 valence electrons. The van der Waals surface area contributed by atoms with Crippen molar-refractivity contribution in [3.63, 3.8) is 0 Å². The van der Waals surface area contributed by atoms with Crippen LogP contribution in [0.3, 0.4) is 0 Å². The Morgan fingerprint density at radius 2 is 2.12 bits per heavy atom. The van der Waals surface area contributed by atoms with Gasteiger partial charge in [-0.2, -0.15) is 0 Å². The number of ether oxygens (including phenoxy) is 1. The number of carbonyl (C=O) groups excluding carboxylic acids is 2. The highest BCUT2D eigenvalue weighted by Gasteiger charge is 2.45. The van der Waals surface area contributed by atoms with E-state index in [0.29, 0.717) is 6.54 Å². The third-order valence-corrected chi connectivity index (χ3v) is 3.79. The van der Waals surface area contributed by atoms with Crippen LogP contribution in [0.1, 0.15) is 26.7 Å². The van der Waals surface area contributed by atoms with E-state index in [1.165, 1.54) is 0 Å². The molecule has 3 atom stereocenters. The molecule has 2 heterocycles. The molecule has 0 saturated carbocycles. The molecule has 0 aromatic heterocycles. The zero-order chi connectivity index (χ0) is 12.6. The second-order valence-electron chi connectivity index (χ2n) is 4.90. The van der Waals surface area contributed by atoms with Crippen LogP contribution < -0.4 is 0 Å². The van der Waals surface area contributed by atoms with Crippen molar-refractivity contribution in [3.05, 3.63) is 0 Å². The van der Waals surface area contributed by atoms with E-state index in [4.69, 9.17) is 4.74 Å². The molecule has 2 amide bonds. The molecule has 0 bridgehead atoms. The van der Waals surface area contributed by atoms with Crippen LogP contribution in [0.5, 0.6) is 0 Å². The van der Waals surface area contributed by atoms with Crippen LogP contribution >= 0.6 is 0 Å². The van der Waals surface area contributed by atoms with Crippen molar-refractivity contribution in [2.75, 3.05) is 20.2 Å². The number of amides is 2. The van der Waals surface area contributed by atoms with Gasteiger partial charge in [0.25, 0.3) is 0 Å². The van der Waals surface area contributed by atoms with E-state index in [1.54, 1.807) is 23.8 Å². The second-order valence-corrected chi connectivity index (χ2v) is 4.90. The van der Waals surface area contributed by atoms with Gasteiger partial charge < -0.3 is 14.5 Å². The van der Waals surface area contributed by atoms with Crippen LogP contribution in [-0.2, 0) is 14.3 Å². The maximum Gasteiger partial charge on any atom is 0.246 e. The molecule has 0 aromatic carbocycles. The van der Waals surface area contributed by atoms with Crippen LogP contribution in [0.25, 0.3) is 0 Å². The maximum atomic E-state index is 12.3. The summed E-state index contributed by atoms with van der Waals surface area (Å²) in [4.78, 5) is 27.8. The number of carbonyl (C=O) groups is 2. The van der Waals surface area contributed by atoms with Gasteiger partial charge >= 0.3 is 0 Å². The fourth-order valence-electron chi connectivity index (χ4n) is 2.64. The van der Waals surface area contributed by atoms with Crippen LogP contribution in [0, 0.1) is 0 Å². The highest BCUT2D eigenvalue weighted by molar-refractivity contribution is 5.97. The van der Waals surface area contributed by atoms with Crippen LogP contribution in [0.15, 0.2) is 0 Å². The van der Waals surface area contributed by atoms with E-state index in [2.05, 4.69) is 0 Å². The molecule has 0 spiro atoms. The Morgan fingerprint density at radius 1 is 1.41 bits per heavy atom. The molecule has 2 aliphatic rings. The summed E-state index contributed by atoms with van der Waals surface area (Å²) in [5.41, 5.74) is 0. The number of fused-ring (bicyclic) bond motifs is 1. The van der Waals surface area contributed by atoms with Crippen LogP contribution in [0.2, 0.25) is 0 Å². The lowest BCUT2D eigenvalue weighted by atomic mass is 10.1. The zero-order valence-electron chi connectivity index (χ0n) is 10.7. The molecule has 0 aliphatic carbocycles. The summed E-state index contributed by atoms with van der Waals surface area (Å²) in [6.45, 7) is 4.93. The summed E-state index contributed by atoms with van der Waals surface area (Å²) in [6, 6.07) is -0.572. The van der Waals surface area contributed by atoms with E-state index in [1.807, 2.05) is 6.92 Å². The number of piperazine rings is 1. The smallest absolute Gasteiger partial charge is 0.246 e. The molecule has 5 heteroatoms. The van der Waals surface area contributed by atoms with E-state index < -0.39 is 0 Å². The Labute approximate surface area is 102 Å². The predicted octanol–water partition coefficient (Wildman–Crippen LogP) is 0.243. The molecule has 0 N–H and O–H groups in total. The highest BCUT2D eigenvalue weighted by Crippen LogP contribution is 2.26. The lowest BCUT2D eigenvalue weighted by Gasteiger charge is -2.41. The Hall–Kier alpha value is -1.10. The molecule has 2 aliphatic heterocycles. The van der Waals surface area contributed by atoms with Crippen molar-refractivity contribution in [3.8, 4) is 0 Å². The first kappa shape index (κ1) is 12.4. The minimum Gasteiger partial charge on any atom is -0.380 e. The fraction of sp³-hybridized carbons (Fsp3) is 0.833. The number of hydrogen-bond acceptors (Lipinski definition) is 3. The lowest BCUT2D eigenvalue weighted by molar-refractivity contribution is -0.160. The summed E-state index contributed by atoms with van der Waals surface area (Å²) in [5.74, 6) is 0.161. The summed E-state index contributed by atoms with van der Waals surface area (Å²) in [6.07, 6.45) is 1.69. The summed E-state index contributed by atoms with van der Waals surface area (Å²) in [7, 11) is 1.62. The van der Waals surface area contributed by atoms with Crippen LogP contribution in [0.4, 0.5) is 0 Å². The minimum absolute atomic E-state index is 0.0397. The first-order valence-corrected chi connectivity index (χ1v) is 6.20. The van der Waals surface area contributed by atoms with Crippen molar-refractivity contribution < 1.29 is 14.3 Å². The van der Waals surface area contributed by atoms with Crippen molar-refractivity contribution in [1.29, 1.82) is 0 Å². The van der Waals surface area contributed by atoms with Gasteiger partial charge in [0, 0.05) is 20.2 Å². The summed E-state index contributed by atoms with van der Waals surface area (Å²) >= 11 is 0. The second kappa shape index (κ2) is 4.64. The number of hydrogen-bond donors (Lipinski definition) is 0. The van der Waals surface area contributed by atoms with Gasteiger partial charge in [-0.25, -0.2) is 0 Å². The molecular weight excluding hydrogens is 220 g/mol. The molecule has 2 fully saturated rings. The Balaban J connectivity index is 2.15. The summed E-state index contributed by atoms with van der Waals surface area (Å²) in [5, 5.41) is 0. The van der Waals surface area contributed by atoms with Gasteiger partial charge in [0.2, 0.25) is 11.8 Å². The SMILES string of the molecule is COC(C)CN1C(=O)C2CCCN2C(=O)C1C. The van der Waals surface area contributed by atoms with Crippen molar-refractivity contribution in [2.45, 2.75) is 44.9 Å². The fourth-order valence-corrected chi connectivity index (χ4v) is 2.64.